The molecule has 1 aromatic rings. The summed E-state index contributed by atoms with van der Waals surface area (Å²) in [5, 5.41) is 0. The van der Waals surface area contributed by atoms with Crippen LogP contribution < -0.4 is 5.73 Å². The molecule has 0 radical (unpaired) electrons. The topological polar surface area (TPSA) is 60.9 Å². The number of carbonyl (C=O) groups excluding carboxylic acids is 1. The summed E-state index contributed by atoms with van der Waals surface area (Å²) in [5.74, 6) is 0.479. The number of hydrogen-bond acceptors (Lipinski definition) is 2. The average molecular weight is 153 g/mol. The third-order valence-electron chi connectivity index (χ3n) is 1.42. The normalized spacial score (nSPS) is 10.0. The molecule has 0 bridgehead atoms. The lowest BCUT2D eigenvalue weighted by atomic mass is 10.5. The minimum atomic E-state index is -0.342. The molecule has 4 nitrogen and oxygen atoms in total. The number of nitrogens with two attached hydrogens (primary N) is 1. The largest absolute Gasteiger partial charge is 0.368 e. The molecule has 11 heavy (non-hydrogen) atoms. The number of aryl methyl sites for hydroxylation is 2. The lowest BCUT2D eigenvalue weighted by Crippen LogP contribution is -2.18. The Morgan fingerprint density at radius 3 is 2.73 bits per heavy atom. The van der Waals surface area contributed by atoms with Crippen molar-refractivity contribution in [3.8, 4) is 0 Å². The predicted octanol–water partition coefficient (Wildman–Crippen LogP) is -0.0148. The summed E-state index contributed by atoms with van der Waals surface area (Å²) in [5.41, 5.74) is 5.92. The van der Waals surface area contributed by atoms with Crippen LogP contribution in [0.1, 0.15) is 11.5 Å². The SMILES string of the molecule is Cc1cn(CC(N)=O)c(C)n1. The fourth-order valence-electron chi connectivity index (χ4n) is 0.995. The molecule has 4 heteroatoms. The zero-order valence-corrected chi connectivity index (χ0v) is 6.66. The van der Waals surface area contributed by atoms with E-state index in [4.69, 9.17) is 5.73 Å². The fourth-order valence-corrected chi connectivity index (χ4v) is 0.995. The van der Waals surface area contributed by atoms with Gasteiger partial charge in [-0.05, 0) is 13.8 Å². The molecule has 1 aromatic heterocycles. The Kier molecular flexibility index (Phi) is 1.94. The van der Waals surface area contributed by atoms with Crippen molar-refractivity contribution >= 4 is 5.91 Å². The Labute approximate surface area is 65.0 Å². The minimum absolute atomic E-state index is 0.215. The first-order valence-electron chi connectivity index (χ1n) is 3.38. The van der Waals surface area contributed by atoms with Gasteiger partial charge in [0.05, 0.1) is 5.69 Å². The molecule has 2 N–H and O–H groups in total. The summed E-state index contributed by atoms with van der Waals surface area (Å²) in [6.07, 6.45) is 1.81. The molecule has 0 aliphatic rings. The van der Waals surface area contributed by atoms with E-state index in [1.165, 1.54) is 0 Å². The van der Waals surface area contributed by atoms with Crippen molar-refractivity contribution in [3.05, 3.63) is 17.7 Å². The predicted molar refractivity (Wildman–Crippen MR) is 40.9 cm³/mol. The van der Waals surface area contributed by atoms with Gasteiger partial charge in [0.15, 0.2) is 0 Å². The van der Waals surface area contributed by atoms with Gasteiger partial charge in [0, 0.05) is 6.20 Å². The monoisotopic (exact) mass is 153 g/mol. The van der Waals surface area contributed by atoms with Crippen LogP contribution in [0.15, 0.2) is 6.20 Å². The number of aromatic nitrogens is 2. The average Bonchev–Trinajstić information content (AvgIpc) is 2.09. The van der Waals surface area contributed by atoms with Crippen molar-refractivity contribution in [2.24, 2.45) is 5.73 Å². The van der Waals surface area contributed by atoms with Crippen LogP contribution in [-0.2, 0) is 11.3 Å². The summed E-state index contributed by atoms with van der Waals surface area (Å²) < 4.78 is 1.73. The quantitative estimate of drug-likeness (QED) is 0.649. The van der Waals surface area contributed by atoms with E-state index in [0.717, 1.165) is 11.5 Å². The van der Waals surface area contributed by atoms with Crippen LogP contribution in [0.2, 0.25) is 0 Å². The van der Waals surface area contributed by atoms with Gasteiger partial charge in [0.2, 0.25) is 5.91 Å². The summed E-state index contributed by atoms with van der Waals surface area (Å²) in [4.78, 5) is 14.6. The van der Waals surface area contributed by atoms with Crippen LogP contribution >= 0.6 is 0 Å². The van der Waals surface area contributed by atoms with Gasteiger partial charge in [-0.1, -0.05) is 0 Å². The van der Waals surface area contributed by atoms with Gasteiger partial charge in [-0.3, -0.25) is 4.79 Å². The van der Waals surface area contributed by atoms with Gasteiger partial charge in [-0.2, -0.15) is 0 Å². The van der Waals surface area contributed by atoms with Crippen molar-refractivity contribution in [1.29, 1.82) is 0 Å². The Bertz CT molecular complexity index is 277. The number of nitrogens with zero attached hydrogens (tertiary/aromatic N) is 2. The lowest BCUT2D eigenvalue weighted by molar-refractivity contribution is -0.118. The Morgan fingerprint density at radius 1 is 1.73 bits per heavy atom. The first-order valence-corrected chi connectivity index (χ1v) is 3.38. The van der Waals surface area contributed by atoms with Crippen molar-refractivity contribution in [2.45, 2.75) is 20.4 Å². The van der Waals surface area contributed by atoms with E-state index in [9.17, 15) is 4.79 Å². The van der Waals surface area contributed by atoms with E-state index in [1.54, 1.807) is 10.8 Å². The first-order chi connectivity index (χ1) is 5.09. The van der Waals surface area contributed by atoms with Crippen molar-refractivity contribution < 1.29 is 4.79 Å². The van der Waals surface area contributed by atoms with Crippen LogP contribution in [0.25, 0.3) is 0 Å². The van der Waals surface area contributed by atoms with Gasteiger partial charge in [0.25, 0.3) is 0 Å². The summed E-state index contributed by atoms with van der Waals surface area (Å²) in [6, 6.07) is 0. The Morgan fingerprint density at radius 2 is 2.36 bits per heavy atom. The molecular formula is C7H11N3O. The minimum Gasteiger partial charge on any atom is -0.368 e. The maximum atomic E-state index is 10.5. The summed E-state index contributed by atoms with van der Waals surface area (Å²) in [7, 11) is 0. The molecule has 1 rings (SSSR count). The number of rotatable bonds is 2. The third kappa shape index (κ3) is 1.80. The van der Waals surface area contributed by atoms with Crippen molar-refractivity contribution in [1.82, 2.24) is 9.55 Å². The second-order valence-corrected chi connectivity index (χ2v) is 2.52. The van der Waals surface area contributed by atoms with E-state index < -0.39 is 0 Å². The highest BCUT2D eigenvalue weighted by molar-refractivity contribution is 5.73. The van der Waals surface area contributed by atoms with Crippen LogP contribution in [0.3, 0.4) is 0 Å². The second-order valence-electron chi connectivity index (χ2n) is 2.52. The Balaban J connectivity index is 2.85. The molecule has 0 aromatic carbocycles. The molecule has 1 amide bonds. The van der Waals surface area contributed by atoms with E-state index in [0.29, 0.717) is 0 Å². The molecule has 0 unspecified atom stereocenters. The number of hydrogen-bond donors (Lipinski definition) is 1. The summed E-state index contributed by atoms with van der Waals surface area (Å²) in [6.45, 7) is 3.94. The molecular weight excluding hydrogens is 142 g/mol. The number of carbonyl (C=O) groups is 1. The van der Waals surface area contributed by atoms with Crippen molar-refractivity contribution in [2.75, 3.05) is 0 Å². The molecule has 1 heterocycles. The van der Waals surface area contributed by atoms with Crippen LogP contribution in [0.4, 0.5) is 0 Å². The number of primary amides is 1. The highest BCUT2D eigenvalue weighted by Crippen LogP contribution is 1.99. The fraction of sp³-hybridized carbons (Fsp3) is 0.429. The van der Waals surface area contributed by atoms with Crippen LogP contribution in [0, 0.1) is 13.8 Å². The maximum absolute atomic E-state index is 10.5. The molecule has 60 valence electrons. The zero-order valence-electron chi connectivity index (χ0n) is 6.66. The molecule has 0 saturated carbocycles. The van der Waals surface area contributed by atoms with Crippen LogP contribution in [0.5, 0.6) is 0 Å². The van der Waals surface area contributed by atoms with Crippen LogP contribution in [-0.4, -0.2) is 15.5 Å². The van der Waals surface area contributed by atoms with Gasteiger partial charge in [-0.25, -0.2) is 4.98 Å². The third-order valence-corrected chi connectivity index (χ3v) is 1.42. The van der Waals surface area contributed by atoms with Gasteiger partial charge < -0.3 is 10.3 Å². The lowest BCUT2D eigenvalue weighted by Gasteiger charge is -1.98. The zero-order chi connectivity index (χ0) is 8.43. The summed E-state index contributed by atoms with van der Waals surface area (Å²) >= 11 is 0. The van der Waals surface area contributed by atoms with E-state index in [-0.39, 0.29) is 12.5 Å². The molecule has 0 saturated heterocycles. The highest BCUT2D eigenvalue weighted by atomic mass is 16.1. The molecule has 0 aliphatic heterocycles. The van der Waals surface area contributed by atoms with Gasteiger partial charge >= 0.3 is 0 Å². The molecule has 0 atom stereocenters. The smallest absolute Gasteiger partial charge is 0.237 e. The van der Waals surface area contributed by atoms with Gasteiger partial charge in [0.1, 0.15) is 12.4 Å². The molecule has 0 aliphatic carbocycles. The Hall–Kier alpha value is -1.32. The molecule has 0 spiro atoms. The first kappa shape index (κ1) is 7.78. The van der Waals surface area contributed by atoms with E-state index >= 15 is 0 Å². The number of amides is 1. The molecule has 0 fully saturated rings. The number of imidazole rings is 1. The maximum Gasteiger partial charge on any atom is 0.237 e. The highest BCUT2D eigenvalue weighted by Gasteiger charge is 2.01. The van der Waals surface area contributed by atoms with E-state index in [2.05, 4.69) is 4.98 Å². The van der Waals surface area contributed by atoms with E-state index in [1.807, 2.05) is 13.8 Å². The van der Waals surface area contributed by atoms with Crippen molar-refractivity contribution in [3.63, 3.8) is 0 Å². The second kappa shape index (κ2) is 2.74. The van der Waals surface area contributed by atoms with Gasteiger partial charge in [-0.15, -0.1) is 0 Å². The standard InChI is InChI=1S/C7H11N3O/c1-5-3-10(4-7(8)11)6(2)9-5/h3H,4H2,1-2H3,(H2,8,11).